The van der Waals surface area contributed by atoms with Gasteiger partial charge in [0.05, 0.1) is 31.7 Å². The average molecular weight is 372 g/mol. The maximum Gasteiger partial charge on any atom is 0.165 e. The second-order valence-corrected chi connectivity index (χ2v) is 9.99. The monoisotopic (exact) mass is 372 g/mol. The minimum absolute atomic E-state index is 0.0380. The lowest BCUT2D eigenvalue weighted by Crippen LogP contribution is -2.81. The molecule has 2 aliphatic heterocycles. The number of phenols is 1. The molecule has 2 N–H and O–H groups in total. The Hall–Kier alpha value is -1.30. The fourth-order valence-corrected chi connectivity index (χ4v) is 7.35. The summed E-state index contributed by atoms with van der Waals surface area (Å²) in [5, 5.41) is 22.9. The second-order valence-electron chi connectivity index (χ2n) is 9.99. The number of quaternary nitrogens is 1. The van der Waals surface area contributed by atoms with Crippen molar-refractivity contribution in [1.82, 2.24) is 0 Å². The van der Waals surface area contributed by atoms with Crippen LogP contribution in [0, 0.1) is 5.92 Å². The number of likely N-dealkylation sites (N-methyl/N-ethyl adjacent to an activating group) is 1. The first-order valence-corrected chi connectivity index (χ1v) is 10.5. The van der Waals surface area contributed by atoms with Gasteiger partial charge in [-0.3, -0.25) is 0 Å². The number of hydrogen-bond acceptors (Lipinski definition) is 4. The van der Waals surface area contributed by atoms with Crippen LogP contribution in [0.1, 0.15) is 43.2 Å². The summed E-state index contributed by atoms with van der Waals surface area (Å²) in [6.07, 6.45) is 5.78. The summed E-state index contributed by atoms with van der Waals surface area (Å²) >= 11 is 0. The Labute approximate surface area is 160 Å². The Bertz CT molecular complexity index is 823. The van der Waals surface area contributed by atoms with Crippen LogP contribution in [0.5, 0.6) is 11.5 Å². The third-order valence-electron chi connectivity index (χ3n) is 8.73. The van der Waals surface area contributed by atoms with Crippen molar-refractivity contribution in [3.05, 3.63) is 23.3 Å². The molecule has 27 heavy (non-hydrogen) atoms. The predicted octanol–water partition coefficient (Wildman–Crippen LogP) is 2.12. The molecule has 5 nitrogen and oxygen atoms in total. The molecule has 0 radical (unpaired) electrons. The van der Waals surface area contributed by atoms with E-state index in [1.807, 2.05) is 0 Å². The number of aliphatic hydroxyl groups is 1. The van der Waals surface area contributed by atoms with E-state index in [0.29, 0.717) is 5.75 Å². The molecule has 5 aliphatic rings. The van der Waals surface area contributed by atoms with E-state index in [9.17, 15) is 10.2 Å². The molecule has 1 spiro atoms. The molecule has 3 aliphatic carbocycles. The lowest BCUT2D eigenvalue weighted by Gasteiger charge is -2.65. The van der Waals surface area contributed by atoms with E-state index in [1.165, 1.54) is 24.9 Å². The Morgan fingerprint density at radius 2 is 2.07 bits per heavy atom. The molecule has 6 rings (SSSR count). The zero-order valence-electron chi connectivity index (χ0n) is 16.3. The molecule has 0 amide bonds. The maximum atomic E-state index is 12.4. The first-order valence-electron chi connectivity index (χ1n) is 10.5. The molecule has 0 aromatic heterocycles. The minimum atomic E-state index is -0.791. The van der Waals surface area contributed by atoms with E-state index in [2.05, 4.69) is 13.1 Å². The summed E-state index contributed by atoms with van der Waals surface area (Å²) in [4.78, 5) is 0. The Balaban J connectivity index is 1.58. The summed E-state index contributed by atoms with van der Waals surface area (Å²) < 4.78 is 13.2. The van der Waals surface area contributed by atoms with E-state index in [4.69, 9.17) is 9.47 Å². The van der Waals surface area contributed by atoms with Crippen LogP contribution in [0.25, 0.3) is 0 Å². The van der Waals surface area contributed by atoms with Gasteiger partial charge in [0, 0.05) is 31.4 Å². The number of benzene rings is 1. The summed E-state index contributed by atoms with van der Waals surface area (Å²) in [6, 6.07) is 4.03. The molecule has 3 fully saturated rings. The number of methoxy groups -OCH3 is 1. The molecule has 2 bridgehead atoms. The van der Waals surface area contributed by atoms with Crippen molar-refractivity contribution in [2.75, 3.05) is 27.2 Å². The molecule has 5 heteroatoms. The highest BCUT2D eigenvalue weighted by Crippen LogP contribution is 2.66. The fourth-order valence-electron chi connectivity index (χ4n) is 7.35. The maximum absolute atomic E-state index is 12.4. The number of ether oxygens (including phenoxy) is 2. The van der Waals surface area contributed by atoms with Crippen molar-refractivity contribution in [1.29, 1.82) is 0 Å². The van der Waals surface area contributed by atoms with Crippen LogP contribution in [0.4, 0.5) is 0 Å². The molecule has 6 atom stereocenters. The van der Waals surface area contributed by atoms with Gasteiger partial charge in [0.1, 0.15) is 17.7 Å². The summed E-state index contributed by atoms with van der Waals surface area (Å²) in [5.41, 5.74) is 1.11. The van der Waals surface area contributed by atoms with E-state index in [1.54, 1.807) is 13.2 Å². The SMILES string of the molecule is CO[C@H]1CC[C@@]2(O)[C@H]3Cc4ccc(O)c5c4[C@@]2(CC[N+]3(C)CC2CC2)[C@H]1O5. The average Bonchev–Trinajstić information content (AvgIpc) is 3.37. The number of phenolic OH excluding ortho intramolecular Hbond substituents is 1. The van der Waals surface area contributed by atoms with E-state index in [-0.39, 0.29) is 24.0 Å². The Morgan fingerprint density at radius 1 is 1.26 bits per heavy atom. The van der Waals surface area contributed by atoms with Crippen molar-refractivity contribution < 1.29 is 24.2 Å². The second kappa shape index (κ2) is 5.00. The minimum Gasteiger partial charge on any atom is -0.504 e. The highest BCUT2D eigenvalue weighted by molar-refractivity contribution is 5.62. The number of hydrogen-bond donors (Lipinski definition) is 2. The molecule has 1 unspecified atom stereocenters. The summed E-state index contributed by atoms with van der Waals surface area (Å²) in [6.45, 7) is 2.25. The molecule has 1 saturated heterocycles. The molecule has 1 aromatic rings. The third-order valence-corrected chi connectivity index (χ3v) is 8.73. The molecule has 146 valence electrons. The summed E-state index contributed by atoms with van der Waals surface area (Å²) in [5.74, 6) is 1.64. The fraction of sp³-hybridized carbons (Fsp3) is 0.727. The van der Waals surface area contributed by atoms with Crippen LogP contribution < -0.4 is 4.74 Å². The van der Waals surface area contributed by atoms with Gasteiger partial charge in [0.25, 0.3) is 0 Å². The zero-order valence-corrected chi connectivity index (χ0v) is 16.3. The molecule has 2 saturated carbocycles. The van der Waals surface area contributed by atoms with Gasteiger partial charge in [-0.25, -0.2) is 0 Å². The van der Waals surface area contributed by atoms with E-state index in [0.717, 1.165) is 48.2 Å². The first-order chi connectivity index (χ1) is 12.9. The number of rotatable bonds is 3. The van der Waals surface area contributed by atoms with Gasteiger partial charge < -0.3 is 24.2 Å². The lowest BCUT2D eigenvalue weighted by molar-refractivity contribution is -0.950. The standard InChI is InChI=1S/C22H29NO4/c1-23(12-13-3-4-13)10-9-21-18-14-5-6-15(24)19(18)27-20(21)16(26-2)7-8-22(21,25)17(23)11-14/h5-6,13,16-17,20,25H,3-4,7-12H2,1-2H3/p+1/t16-,17+,20-,21-,22+,23?/m0/s1. The zero-order chi connectivity index (χ0) is 18.6. The smallest absolute Gasteiger partial charge is 0.165 e. The number of aromatic hydroxyl groups is 1. The van der Waals surface area contributed by atoms with Crippen molar-refractivity contribution in [2.45, 2.75) is 67.8 Å². The lowest BCUT2D eigenvalue weighted by atomic mass is 9.48. The Kier molecular flexibility index (Phi) is 3.08. The Morgan fingerprint density at radius 3 is 2.81 bits per heavy atom. The highest BCUT2D eigenvalue weighted by atomic mass is 16.5. The molecule has 1 aromatic carbocycles. The quantitative estimate of drug-likeness (QED) is 0.798. The van der Waals surface area contributed by atoms with E-state index >= 15 is 0 Å². The number of piperidine rings is 1. The van der Waals surface area contributed by atoms with Crippen LogP contribution in [0.2, 0.25) is 0 Å². The number of nitrogens with zero attached hydrogens (tertiary/aromatic N) is 1. The largest absolute Gasteiger partial charge is 0.504 e. The van der Waals surface area contributed by atoms with Gasteiger partial charge in [-0.05, 0) is 37.3 Å². The van der Waals surface area contributed by atoms with Crippen molar-refractivity contribution in [3.63, 3.8) is 0 Å². The normalized spacial score (nSPS) is 46.7. The van der Waals surface area contributed by atoms with Crippen LogP contribution in [-0.4, -0.2) is 65.8 Å². The van der Waals surface area contributed by atoms with Crippen molar-refractivity contribution in [3.8, 4) is 11.5 Å². The van der Waals surface area contributed by atoms with Crippen molar-refractivity contribution >= 4 is 0 Å². The van der Waals surface area contributed by atoms with Crippen LogP contribution >= 0.6 is 0 Å². The number of likely N-dealkylation sites (tertiary alicyclic amines) is 1. The molecular weight excluding hydrogens is 342 g/mol. The highest BCUT2D eigenvalue weighted by Gasteiger charge is 2.76. The van der Waals surface area contributed by atoms with Gasteiger partial charge in [-0.2, -0.15) is 0 Å². The van der Waals surface area contributed by atoms with Gasteiger partial charge in [0.2, 0.25) is 0 Å². The third kappa shape index (κ3) is 1.82. The topological polar surface area (TPSA) is 58.9 Å². The first kappa shape index (κ1) is 16.6. The van der Waals surface area contributed by atoms with Gasteiger partial charge >= 0.3 is 0 Å². The predicted molar refractivity (Wildman–Crippen MR) is 99.9 cm³/mol. The molecular formula is C22H30NO4+. The van der Waals surface area contributed by atoms with E-state index < -0.39 is 11.0 Å². The summed E-state index contributed by atoms with van der Waals surface area (Å²) in [7, 11) is 4.11. The van der Waals surface area contributed by atoms with Crippen LogP contribution in [0.15, 0.2) is 12.1 Å². The molecule has 2 heterocycles. The van der Waals surface area contributed by atoms with Gasteiger partial charge in [-0.15, -0.1) is 0 Å². The van der Waals surface area contributed by atoms with Crippen LogP contribution in [0.3, 0.4) is 0 Å². The van der Waals surface area contributed by atoms with Gasteiger partial charge in [-0.1, -0.05) is 6.07 Å². The van der Waals surface area contributed by atoms with Crippen LogP contribution in [-0.2, 0) is 16.6 Å². The van der Waals surface area contributed by atoms with Gasteiger partial charge in [0.15, 0.2) is 11.5 Å². The van der Waals surface area contributed by atoms with Crippen molar-refractivity contribution in [2.24, 2.45) is 5.92 Å².